The Kier molecular flexibility index (Phi) is 7.42. The van der Waals surface area contributed by atoms with E-state index in [-0.39, 0.29) is 21.9 Å². The Hall–Kier alpha value is -2.97. The van der Waals surface area contributed by atoms with E-state index in [1.54, 1.807) is 23.7 Å². The predicted octanol–water partition coefficient (Wildman–Crippen LogP) is 3.71. The molecule has 0 bridgehead atoms. The van der Waals surface area contributed by atoms with Crippen LogP contribution in [0.2, 0.25) is 0 Å². The lowest BCUT2D eigenvalue weighted by Gasteiger charge is -2.29. The lowest BCUT2D eigenvalue weighted by molar-refractivity contribution is 0.0937. The highest BCUT2D eigenvalue weighted by Gasteiger charge is 2.29. The van der Waals surface area contributed by atoms with Crippen LogP contribution in [0.4, 0.5) is 0 Å². The first-order chi connectivity index (χ1) is 16.7. The Bertz CT molecular complexity index is 1370. The fraction of sp³-hybridized carbons (Fsp3) is 0.407. The number of aryl methyl sites for hydroxylation is 2. The second-order valence-electron chi connectivity index (χ2n) is 9.65. The Balaban J connectivity index is 1.58. The average Bonchev–Trinajstić information content (AvgIpc) is 2.85. The van der Waals surface area contributed by atoms with E-state index in [0.717, 1.165) is 25.7 Å². The lowest BCUT2D eigenvalue weighted by Crippen LogP contribution is -2.38. The van der Waals surface area contributed by atoms with Gasteiger partial charge in [0.25, 0.3) is 5.91 Å². The highest BCUT2D eigenvalue weighted by atomic mass is 32.2. The summed E-state index contributed by atoms with van der Waals surface area (Å²) in [5.41, 5.74) is 1.31. The summed E-state index contributed by atoms with van der Waals surface area (Å²) in [6, 6.07) is 14.5. The highest BCUT2D eigenvalue weighted by molar-refractivity contribution is 7.89. The number of hydrogen-bond donors (Lipinski definition) is 1. The third-order valence-corrected chi connectivity index (χ3v) is 8.77. The minimum Gasteiger partial charge on any atom is -0.350 e. The third kappa shape index (κ3) is 5.49. The van der Waals surface area contributed by atoms with Gasteiger partial charge < -0.3 is 9.88 Å². The second-order valence-corrected chi connectivity index (χ2v) is 11.6. The zero-order chi connectivity index (χ0) is 25.2. The Morgan fingerprint density at radius 3 is 2.49 bits per heavy atom. The summed E-state index contributed by atoms with van der Waals surface area (Å²) in [6.07, 6.45) is 4.71. The van der Waals surface area contributed by atoms with Crippen molar-refractivity contribution in [1.29, 1.82) is 0 Å². The minimum atomic E-state index is -3.71. The molecule has 1 amide bonds. The van der Waals surface area contributed by atoms with Gasteiger partial charge in [0.05, 0.1) is 10.4 Å². The number of carbonyl (C=O) groups is 1. The van der Waals surface area contributed by atoms with Gasteiger partial charge in [0.1, 0.15) is 5.56 Å². The molecule has 186 valence electrons. The van der Waals surface area contributed by atoms with Crippen LogP contribution in [0.15, 0.2) is 64.4 Å². The number of amides is 1. The lowest BCUT2D eigenvalue weighted by atomic mass is 10.0. The zero-order valence-electron chi connectivity index (χ0n) is 20.5. The second kappa shape index (κ2) is 10.3. The standard InChI is InChI=1S/C27H33N3O4S/c1-19-13-15-30(16-14-19)35(33,34)22-11-12-25-23(17-22)26(31)24(18-29(25)3)27(32)28-20(2)9-10-21-7-5-4-6-8-21/h4-8,11-12,17-20H,9-10,13-16H2,1-3H3,(H,28,32)/t20-/m0/s1. The van der Waals surface area contributed by atoms with E-state index in [4.69, 9.17) is 0 Å². The van der Waals surface area contributed by atoms with Crippen molar-refractivity contribution >= 4 is 26.8 Å². The van der Waals surface area contributed by atoms with Crippen LogP contribution in [-0.2, 0) is 23.5 Å². The molecule has 7 nitrogen and oxygen atoms in total. The molecule has 2 heterocycles. The molecule has 1 aliphatic rings. The van der Waals surface area contributed by atoms with Crippen molar-refractivity contribution in [2.24, 2.45) is 13.0 Å². The molecule has 0 aliphatic carbocycles. The Morgan fingerprint density at radius 1 is 1.11 bits per heavy atom. The molecule has 1 aromatic heterocycles. The number of nitrogens with one attached hydrogen (secondary N) is 1. The molecule has 0 radical (unpaired) electrons. The van der Waals surface area contributed by atoms with Crippen molar-refractivity contribution < 1.29 is 13.2 Å². The summed E-state index contributed by atoms with van der Waals surface area (Å²) in [4.78, 5) is 26.4. The van der Waals surface area contributed by atoms with Crippen molar-refractivity contribution in [3.63, 3.8) is 0 Å². The summed E-state index contributed by atoms with van der Waals surface area (Å²) >= 11 is 0. The molecule has 0 saturated carbocycles. The number of nitrogens with zero attached hydrogens (tertiary/aromatic N) is 2. The number of fused-ring (bicyclic) bond motifs is 1. The van der Waals surface area contributed by atoms with E-state index < -0.39 is 21.4 Å². The van der Waals surface area contributed by atoms with Gasteiger partial charge in [-0.05, 0) is 62.3 Å². The Morgan fingerprint density at radius 2 is 1.80 bits per heavy atom. The molecule has 0 spiro atoms. The molecule has 1 N–H and O–H groups in total. The first-order valence-corrected chi connectivity index (χ1v) is 13.6. The van der Waals surface area contributed by atoms with Gasteiger partial charge in [0.2, 0.25) is 15.5 Å². The van der Waals surface area contributed by atoms with Gasteiger partial charge in [-0.3, -0.25) is 9.59 Å². The molecule has 3 aromatic rings. The van der Waals surface area contributed by atoms with Gasteiger partial charge in [-0.15, -0.1) is 0 Å². The number of rotatable bonds is 7. The monoisotopic (exact) mass is 495 g/mol. The largest absolute Gasteiger partial charge is 0.350 e. The molecular formula is C27H33N3O4S. The number of carbonyl (C=O) groups excluding carboxylic acids is 1. The first-order valence-electron chi connectivity index (χ1n) is 12.1. The number of piperidine rings is 1. The molecule has 8 heteroatoms. The fourth-order valence-corrected chi connectivity index (χ4v) is 6.07. The third-order valence-electron chi connectivity index (χ3n) is 6.87. The van der Waals surface area contributed by atoms with Gasteiger partial charge in [-0.1, -0.05) is 37.3 Å². The number of sulfonamides is 1. The molecule has 4 rings (SSSR count). The van der Waals surface area contributed by atoms with E-state index in [0.29, 0.717) is 24.5 Å². The first kappa shape index (κ1) is 25.1. The molecule has 35 heavy (non-hydrogen) atoms. The van der Waals surface area contributed by atoms with E-state index in [1.807, 2.05) is 37.3 Å². The van der Waals surface area contributed by atoms with Crippen LogP contribution in [0, 0.1) is 5.92 Å². The molecule has 1 saturated heterocycles. The van der Waals surface area contributed by atoms with E-state index in [9.17, 15) is 18.0 Å². The van der Waals surface area contributed by atoms with Crippen molar-refractivity contribution in [2.45, 2.75) is 50.5 Å². The summed E-state index contributed by atoms with van der Waals surface area (Å²) in [5.74, 6) is 0.0489. The number of benzene rings is 2. The molecule has 0 unspecified atom stereocenters. The molecule has 1 atom stereocenters. The highest BCUT2D eigenvalue weighted by Crippen LogP contribution is 2.25. The number of aromatic nitrogens is 1. The van der Waals surface area contributed by atoms with Crippen LogP contribution in [0.5, 0.6) is 0 Å². The molecular weight excluding hydrogens is 462 g/mol. The Labute approximate surface area is 206 Å². The normalized spacial score (nSPS) is 16.3. The van der Waals surface area contributed by atoms with Gasteiger partial charge in [-0.25, -0.2) is 8.42 Å². The van der Waals surface area contributed by atoms with Crippen molar-refractivity contribution in [2.75, 3.05) is 13.1 Å². The molecule has 1 fully saturated rings. The number of hydrogen-bond acceptors (Lipinski definition) is 4. The fourth-order valence-electron chi connectivity index (χ4n) is 4.57. The maximum atomic E-state index is 13.3. The average molecular weight is 496 g/mol. The maximum absolute atomic E-state index is 13.3. The zero-order valence-corrected chi connectivity index (χ0v) is 21.3. The van der Waals surface area contributed by atoms with Crippen LogP contribution in [-0.4, -0.2) is 42.3 Å². The predicted molar refractivity (Wildman–Crippen MR) is 138 cm³/mol. The van der Waals surface area contributed by atoms with Crippen LogP contribution in [0.3, 0.4) is 0 Å². The quantitative estimate of drug-likeness (QED) is 0.541. The van der Waals surface area contributed by atoms with Crippen molar-refractivity contribution in [1.82, 2.24) is 14.2 Å². The van der Waals surface area contributed by atoms with E-state index >= 15 is 0 Å². The van der Waals surface area contributed by atoms with E-state index in [2.05, 4.69) is 12.2 Å². The van der Waals surface area contributed by atoms with Gasteiger partial charge in [0, 0.05) is 37.8 Å². The van der Waals surface area contributed by atoms with Gasteiger partial charge in [0.15, 0.2) is 0 Å². The van der Waals surface area contributed by atoms with Crippen LogP contribution < -0.4 is 10.7 Å². The summed E-state index contributed by atoms with van der Waals surface area (Å²) < 4.78 is 29.6. The van der Waals surface area contributed by atoms with Crippen LogP contribution >= 0.6 is 0 Å². The minimum absolute atomic E-state index is 0.00732. The molecule has 2 aromatic carbocycles. The van der Waals surface area contributed by atoms with Gasteiger partial charge >= 0.3 is 0 Å². The summed E-state index contributed by atoms with van der Waals surface area (Å²) in [5, 5.41) is 3.15. The molecule has 1 aliphatic heterocycles. The van der Waals surface area contributed by atoms with Crippen LogP contribution in [0.25, 0.3) is 10.9 Å². The van der Waals surface area contributed by atoms with Crippen LogP contribution in [0.1, 0.15) is 49.0 Å². The summed E-state index contributed by atoms with van der Waals surface area (Å²) in [6.45, 7) is 4.99. The maximum Gasteiger partial charge on any atom is 0.256 e. The van der Waals surface area contributed by atoms with Gasteiger partial charge in [-0.2, -0.15) is 4.31 Å². The SMILES string of the molecule is CC1CCN(S(=O)(=O)c2ccc3c(c2)c(=O)c(C(=O)N[C@@H](C)CCc2ccccc2)cn3C)CC1. The summed E-state index contributed by atoms with van der Waals surface area (Å²) in [7, 11) is -1.96. The number of pyridine rings is 1. The van der Waals surface area contributed by atoms with Crippen molar-refractivity contribution in [3.8, 4) is 0 Å². The topological polar surface area (TPSA) is 88.5 Å². The van der Waals surface area contributed by atoms with E-state index in [1.165, 1.54) is 22.1 Å². The smallest absolute Gasteiger partial charge is 0.256 e. The van der Waals surface area contributed by atoms with Crippen molar-refractivity contribution in [3.05, 3.63) is 76.1 Å².